The average Bonchev–Trinajstić information content (AvgIpc) is 2.14. The molecule has 0 fully saturated rings. The third-order valence-electron chi connectivity index (χ3n) is 0.873. The average molecular weight is 174 g/mol. The summed E-state index contributed by atoms with van der Waals surface area (Å²) in [7, 11) is 0. The third kappa shape index (κ3) is 1.10. The molecule has 0 saturated carbocycles. The number of aromatic nitrogens is 2. The standard InChI is InChI=1S/C5H6BrN2/c1-2-8-4-3-5(6)7-8/h4H,2H2,1H3. The second-order valence-electron chi connectivity index (χ2n) is 1.42. The molecule has 1 rings (SSSR count). The maximum atomic E-state index is 4.01. The summed E-state index contributed by atoms with van der Waals surface area (Å²) >= 11 is 3.19. The SMILES string of the molecule is CCn1c[c]c(Br)n1. The fraction of sp³-hybridized carbons (Fsp3) is 0.400. The Morgan fingerprint density at radius 2 is 2.75 bits per heavy atom. The van der Waals surface area contributed by atoms with Crippen LogP contribution in [0.4, 0.5) is 0 Å². The number of nitrogens with zero attached hydrogens (tertiary/aromatic N) is 2. The summed E-state index contributed by atoms with van der Waals surface area (Å²) < 4.78 is 2.59. The molecule has 0 amide bonds. The first-order valence-corrected chi connectivity index (χ1v) is 3.23. The van der Waals surface area contributed by atoms with E-state index >= 15 is 0 Å². The van der Waals surface area contributed by atoms with Crippen LogP contribution in [0.25, 0.3) is 0 Å². The molecule has 8 heavy (non-hydrogen) atoms. The highest BCUT2D eigenvalue weighted by atomic mass is 79.9. The molecular formula is C5H6BrN2. The molecule has 0 N–H and O–H groups in total. The van der Waals surface area contributed by atoms with E-state index in [0.717, 1.165) is 11.1 Å². The number of hydrogen-bond acceptors (Lipinski definition) is 1. The van der Waals surface area contributed by atoms with Gasteiger partial charge in [-0.2, -0.15) is 5.10 Å². The van der Waals surface area contributed by atoms with Gasteiger partial charge in [-0.1, -0.05) is 0 Å². The van der Waals surface area contributed by atoms with E-state index in [-0.39, 0.29) is 0 Å². The predicted molar refractivity (Wildman–Crippen MR) is 34.4 cm³/mol. The van der Waals surface area contributed by atoms with Gasteiger partial charge in [0.05, 0.1) is 0 Å². The molecule has 1 aromatic rings. The highest BCUT2D eigenvalue weighted by Gasteiger charge is 1.88. The van der Waals surface area contributed by atoms with E-state index in [4.69, 9.17) is 0 Å². The molecule has 0 aliphatic carbocycles. The van der Waals surface area contributed by atoms with Crippen molar-refractivity contribution in [2.75, 3.05) is 0 Å². The third-order valence-corrected chi connectivity index (χ3v) is 1.26. The Kier molecular flexibility index (Phi) is 1.68. The Morgan fingerprint density at radius 3 is 3.00 bits per heavy atom. The summed E-state index contributed by atoms with van der Waals surface area (Å²) in [5.74, 6) is 0. The summed E-state index contributed by atoms with van der Waals surface area (Å²) in [5.41, 5.74) is 0. The molecule has 0 atom stereocenters. The van der Waals surface area contributed by atoms with E-state index in [1.807, 2.05) is 17.8 Å². The van der Waals surface area contributed by atoms with E-state index in [2.05, 4.69) is 27.1 Å². The summed E-state index contributed by atoms with van der Waals surface area (Å²) in [6.45, 7) is 2.94. The Labute approximate surface area is 56.6 Å². The highest BCUT2D eigenvalue weighted by molar-refractivity contribution is 9.10. The van der Waals surface area contributed by atoms with Crippen LogP contribution < -0.4 is 0 Å². The van der Waals surface area contributed by atoms with Gasteiger partial charge in [0.1, 0.15) is 4.60 Å². The molecule has 0 unspecified atom stereocenters. The van der Waals surface area contributed by atoms with Gasteiger partial charge >= 0.3 is 0 Å². The predicted octanol–water partition coefficient (Wildman–Crippen LogP) is 1.47. The summed E-state index contributed by atoms with van der Waals surface area (Å²) in [4.78, 5) is 0. The number of hydrogen-bond donors (Lipinski definition) is 0. The van der Waals surface area contributed by atoms with Gasteiger partial charge in [0.25, 0.3) is 0 Å². The van der Waals surface area contributed by atoms with Crippen LogP contribution in [0.5, 0.6) is 0 Å². The molecule has 0 aliphatic rings. The minimum Gasteiger partial charge on any atom is -0.271 e. The van der Waals surface area contributed by atoms with Crippen LogP contribution in [0.2, 0.25) is 0 Å². The molecule has 3 heteroatoms. The van der Waals surface area contributed by atoms with Crippen molar-refractivity contribution in [3.05, 3.63) is 16.9 Å². The number of aryl methyl sites for hydroxylation is 1. The molecule has 1 aromatic heterocycles. The zero-order chi connectivity index (χ0) is 5.98. The van der Waals surface area contributed by atoms with Crippen molar-refractivity contribution in [2.45, 2.75) is 13.5 Å². The van der Waals surface area contributed by atoms with E-state index in [1.165, 1.54) is 0 Å². The maximum Gasteiger partial charge on any atom is 0.136 e. The quantitative estimate of drug-likeness (QED) is 0.630. The molecular weight excluding hydrogens is 168 g/mol. The van der Waals surface area contributed by atoms with Gasteiger partial charge in [-0.05, 0) is 22.9 Å². The number of rotatable bonds is 1. The first-order chi connectivity index (χ1) is 3.83. The molecule has 0 aliphatic heterocycles. The van der Waals surface area contributed by atoms with Crippen LogP contribution in [-0.4, -0.2) is 9.78 Å². The van der Waals surface area contributed by atoms with Gasteiger partial charge in [-0.15, -0.1) is 0 Å². The van der Waals surface area contributed by atoms with Crippen molar-refractivity contribution in [1.29, 1.82) is 0 Å². The van der Waals surface area contributed by atoms with Crippen LogP contribution >= 0.6 is 15.9 Å². The summed E-state index contributed by atoms with van der Waals surface area (Å²) in [6, 6.07) is 2.89. The molecule has 1 heterocycles. The lowest BCUT2D eigenvalue weighted by molar-refractivity contribution is 0.655. The lowest BCUT2D eigenvalue weighted by Gasteiger charge is -1.88. The minimum atomic E-state index is 0.777. The minimum absolute atomic E-state index is 0.777. The van der Waals surface area contributed by atoms with Gasteiger partial charge in [-0.25, -0.2) is 0 Å². The molecule has 1 radical (unpaired) electrons. The van der Waals surface area contributed by atoms with E-state index < -0.39 is 0 Å². The highest BCUT2D eigenvalue weighted by Crippen LogP contribution is 2.01. The molecule has 0 bridgehead atoms. The van der Waals surface area contributed by atoms with Crippen molar-refractivity contribution in [3.8, 4) is 0 Å². The molecule has 43 valence electrons. The van der Waals surface area contributed by atoms with Crippen LogP contribution in [0.15, 0.2) is 10.8 Å². The van der Waals surface area contributed by atoms with Crippen molar-refractivity contribution < 1.29 is 0 Å². The van der Waals surface area contributed by atoms with E-state index in [9.17, 15) is 0 Å². The summed E-state index contributed by atoms with van der Waals surface area (Å²) in [6.07, 6.45) is 1.81. The molecule has 0 saturated heterocycles. The smallest absolute Gasteiger partial charge is 0.136 e. The molecule has 2 nitrogen and oxygen atoms in total. The largest absolute Gasteiger partial charge is 0.271 e. The van der Waals surface area contributed by atoms with Crippen molar-refractivity contribution >= 4 is 15.9 Å². The normalized spacial score (nSPS) is 9.75. The maximum absolute atomic E-state index is 4.01. The van der Waals surface area contributed by atoms with Crippen molar-refractivity contribution in [2.24, 2.45) is 0 Å². The van der Waals surface area contributed by atoms with Gasteiger partial charge in [-0.3, -0.25) is 4.68 Å². The lowest BCUT2D eigenvalue weighted by Crippen LogP contribution is -1.92. The fourth-order valence-corrected chi connectivity index (χ4v) is 0.766. The van der Waals surface area contributed by atoms with Crippen molar-refractivity contribution in [3.63, 3.8) is 0 Å². The van der Waals surface area contributed by atoms with Gasteiger partial charge in [0, 0.05) is 18.8 Å². The Balaban J connectivity index is 2.84. The Bertz CT molecular complexity index is 171. The first-order valence-electron chi connectivity index (χ1n) is 2.43. The summed E-state index contributed by atoms with van der Waals surface area (Å²) in [5, 5.41) is 4.01. The molecule has 0 spiro atoms. The second kappa shape index (κ2) is 2.31. The van der Waals surface area contributed by atoms with Gasteiger partial charge in [0.2, 0.25) is 0 Å². The number of halogens is 1. The van der Waals surface area contributed by atoms with Crippen molar-refractivity contribution in [1.82, 2.24) is 9.78 Å². The van der Waals surface area contributed by atoms with Crippen LogP contribution in [-0.2, 0) is 6.54 Å². The van der Waals surface area contributed by atoms with Crippen LogP contribution in [0.1, 0.15) is 6.92 Å². The van der Waals surface area contributed by atoms with Gasteiger partial charge < -0.3 is 0 Å². The van der Waals surface area contributed by atoms with Crippen LogP contribution in [0.3, 0.4) is 0 Å². The zero-order valence-electron chi connectivity index (χ0n) is 4.56. The monoisotopic (exact) mass is 173 g/mol. The molecule has 0 aromatic carbocycles. The Morgan fingerprint density at radius 1 is 2.00 bits per heavy atom. The second-order valence-corrected chi connectivity index (χ2v) is 2.17. The zero-order valence-corrected chi connectivity index (χ0v) is 6.14. The Hall–Kier alpha value is -0.310. The van der Waals surface area contributed by atoms with Gasteiger partial charge in [0.15, 0.2) is 0 Å². The van der Waals surface area contributed by atoms with Crippen LogP contribution in [0, 0.1) is 6.07 Å². The topological polar surface area (TPSA) is 17.8 Å². The fourth-order valence-electron chi connectivity index (χ4n) is 0.460. The lowest BCUT2D eigenvalue weighted by atomic mass is 10.7. The van der Waals surface area contributed by atoms with E-state index in [1.54, 1.807) is 0 Å². The van der Waals surface area contributed by atoms with E-state index in [0.29, 0.717) is 0 Å². The first kappa shape index (κ1) is 5.82.